The number of hydrogen-bond acceptors (Lipinski definition) is 6. The van der Waals surface area contributed by atoms with Gasteiger partial charge in [0.25, 0.3) is 0 Å². The molecule has 0 amide bonds. The summed E-state index contributed by atoms with van der Waals surface area (Å²) >= 11 is 0. The fourth-order valence-corrected chi connectivity index (χ4v) is 0.816. The molecule has 18 heavy (non-hydrogen) atoms. The van der Waals surface area contributed by atoms with Crippen LogP contribution in [0, 0.1) is 11.8 Å². The van der Waals surface area contributed by atoms with Crippen molar-refractivity contribution < 1.29 is 19.1 Å². The summed E-state index contributed by atoms with van der Waals surface area (Å²) in [4.78, 5) is 21.2. The molecule has 0 fully saturated rings. The summed E-state index contributed by atoms with van der Waals surface area (Å²) in [7, 11) is 2.68. The highest BCUT2D eigenvalue weighted by Crippen LogP contribution is 1.99. The third-order valence-corrected chi connectivity index (χ3v) is 2.38. The van der Waals surface area contributed by atoms with Crippen molar-refractivity contribution in [3.05, 3.63) is 0 Å². The van der Waals surface area contributed by atoms with E-state index in [0.717, 1.165) is 0 Å². The Balaban J connectivity index is 0. The van der Waals surface area contributed by atoms with Crippen LogP contribution >= 0.6 is 0 Å². The molecule has 0 aliphatic heterocycles. The van der Waals surface area contributed by atoms with E-state index in [4.69, 9.17) is 11.5 Å². The van der Waals surface area contributed by atoms with Gasteiger partial charge >= 0.3 is 11.9 Å². The lowest BCUT2D eigenvalue weighted by molar-refractivity contribution is -0.144. The van der Waals surface area contributed by atoms with Gasteiger partial charge in [-0.3, -0.25) is 9.59 Å². The van der Waals surface area contributed by atoms with E-state index in [1.807, 2.05) is 27.7 Å². The monoisotopic (exact) mass is 262 g/mol. The van der Waals surface area contributed by atoms with Gasteiger partial charge in [0.15, 0.2) is 0 Å². The molecule has 0 aromatic carbocycles. The first-order valence-electron chi connectivity index (χ1n) is 5.85. The fourth-order valence-electron chi connectivity index (χ4n) is 0.816. The zero-order valence-corrected chi connectivity index (χ0v) is 12.1. The van der Waals surface area contributed by atoms with Gasteiger partial charge < -0.3 is 20.9 Å². The molecule has 0 bridgehead atoms. The number of carbonyl (C=O) groups is 2. The van der Waals surface area contributed by atoms with E-state index in [0.29, 0.717) is 0 Å². The highest BCUT2D eigenvalue weighted by Gasteiger charge is 2.17. The molecule has 0 aromatic heterocycles. The molecule has 0 aliphatic carbocycles. The van der Waals surface area contributed by atoms with Crippen LogP contribution in [-0.4, -0.2) is 38.2 Å². The summed E-state index contributed by atoms with van der Waals surface area (Å²) in [5.41, 5.74) is 10.8. The van der Waals surface area contributed by atoms with Gasteiger partial charge in [0.2, 0.25) is 0 Å². The summed E-state index contributed by atoms with van der Waals surface area (Å²) in [5.74, 6) is -0.384. The molecule has 0 saturated carbocycles. The molecule has 0 heterocycles. The number of hydrogen-bond donors (Lipinski definition) is 2. The second kappa shape index (κ2) is 9.85. The number of esters is 2. The standard InChI is InChI=1S/2C6H13NO2/c2*1-4(2)5(7)6(8)9-3/h2*4-5H,7H2,1-3H3/t5-;/m0./s1. The first kappa shape index (κ1) is 19.2. The van der Waals surface area contributed by atoms with Crippen molar-refractivity contribution in [3.8, 4) is 0 Å². The van der Waals surface area contributed by atoms with Crippen molar-refractivity contribution in [3.63, 3.8) is 0 Å². The van der Waals surface area contributed by atoms with Crippen LogP contribution in [0.4, 0.5) is 0 Å². The van der Waals surface area contributed by atoms with Gasteiger partial charge in [-0.1, -0.05) is 27.7 Å². The van der Waals surface area contributed by atoms with Gasteiger partial charge in [-0.05, 0) is 11.8 Å². The number of nitrogens with two attached hydrogens (primary N) is 2. The normalized spacial score (nSPS) is 13.4. The second-order valence-electron chi connectivity index (χ2n) is 4.59. The average molecular weight is 262 g/mol. The lowest BCUT2D eigenvalue weighted by Gasteiger charge is -2.11. The molecule has 4 N–H and O–H groups in total. The van der Waals surface area contributed by atoms with Crippen molar-refractivity contribution in [2.75, 3.05) is 14.2 Å². The van der Waals surface area contributed by atoms with Crippen molar-refractivity contribution >= 4 is 11.9 Å². The fraction of sp³-hybridized carbons (Fsp3) is 0.833. The van der Waals surface area contributed by atoms with E-state index < -0.39 is 12.1 Å². The molecule has 0 rings (SSSR count). The number of carbonyl (C=O) groups excluding carboxylic acids is 2. The predicted molar refractivity (Wildman–Crippen MR) is 69.7 cm³/mol. The average Bonchev–Trinajstić information content (AvgIpc) is 2.35. The highest BCUT2D eigenvalue weighted by molar-refractivity contribution is 5.75. The van der Waals surface area contributed by atoms with E-state index in [-0.39, 0.29) is 23.8 Å². The van der Waals surface area contributed by atoms with Gasteiger partial charge in [0, 0.05) is 0 Å². The Morgan fingerprint density at radius 1 is 0.778 bits per heavy atom. The Labute approximate surface area is 109 Å². The minimum Gasteiger partial charge on any atom is -0.468 e. The van der Waals surface area contributed by atoms with Gasteiger partial charge in [-0.25, -0.2) is 0 Å². The van der Waals surface area contributed by atoms with Crippen molar-refractivity contribution in [2.45, 2.75) is 39.8 Å². The Morgan fingerprint density at radius 2 is 1.00 bits per heavy atom. The molecule has 0 aromatic rings. The number of methoxy groups -OCH3 is 2. The molecule has 1 unspecified atom stereocenters. The molecule has 0 aliphatic rings. The van der Waals surface area contributed by atoms with Gasteiger partial charge in [0.1, 0.15) is 12.1 Å². The third kappa shape index (κ3) is 8.03. The first-order chi connectivity index (χ1) is 8.18. The third-order valence-electron chi connectivity index (χ3n) is 2.38. The maximum absolute atomic E-state index is 10.6. The number of ether oxygens (including phenoxy) is 2. The molecule has 6 nitrogen and oxygen atoms in total. The van der Waals surface area contributed by atoms with Gasteiger partial charge in [-0.2, -0.15) is 0 Å². The van der Waals surface area contributed by atoms with Crippen LogP contribution in [0.2, 0.25) is 0 Å². The summed E-state index contributed by atoms with van der Waals surface area (Å²) in [6.07, 6.45) is 0. The lowest BCUT2D eigenvalue weighted by Crippen LogP contribution is -2.36. The Morgan fingerprint density at radius 3 is 1.06 bits per heavy atom. The Hall–Kier alpha value is -1.14. The molecule has 0 spiro atoms. The van der Waals surface area contributed by atoms with Crippen molar-refractivity contribution in [2.24, 2.45) is 23.3 Å². The van der Waals surface area contributed by atoms with Crippen LogP contribution in [0.1, 0.15) is 27.7 Å². The predicted octanol–water partition coefficient (Wildman–Crippen LogP) is 0.285. The van der Waals surface area contributed by atoms with Gasteiger partial charge in [0.05, 0.1) is 14.2 Å². The molecular weight excluding hydrogens is 236 g/mol. The molecule has 0 radical (unpaired) electrons. The van der Waals surface area contributed by atoms with Crippen LogP contribution < -0.4 is 11.5 Å². The SMILES string of the molecule is COC(=O)C(N)C(C)C.COC(=O)[C@@H](N)C(C)C. The largest absolute Gasteiger partial charge is 0.468 e. The van der Waals surface area contributed by atoms with Crippen LogP contribution in [0.5, 0.6) is 0 Å². The quantitative estimate of drug-likeness (QED) is 0.705. The minimum atomic E-state index is -0.477. The molecule has 6 heteroatoms. The first-order valence-corrected chi connectivity index (χ1v) is 5.85. The van der Waals surface area contributed by atoms with Crippen LogP contribution in [0.3, 0.4) is 0 Å². The summed E-state index contributed by atoms with van der Waals surface area (Å²) < 4.78 is 8.82. The summed E-state index contributed by atoms with van der Waals surface area (Å²) in [6.45, 7) is 7.51. The zero-order chi connectivity index (χ0) is 14.9. The van der Waals surface area contributed by atoms with E-state index in [2.05, 4.69) is 9.47 Å². The topological polar surface area (TPSA) is 105 Å². The van der Waals surface area contributed by atoms with Crippen LogP contribution in [-0.2, 0) is 19.1 Å². The summed E-state index contributed by atoms with van der Waals surface area (Å²) in [6, 6.07) is -0.954. The molecular formula is C12H26N2O4. The van der Waals surface area contributed by atoms with Gasteiger partial charge in [-0.15, -0.1) is 0 Å². The maximum atomic E-state index is 10.6. The minimum absolute atomic E-state index is 0.150. The van der Waals surface area contributed by atoms with E-state index in [9.17, 15) is 9.59 Å². The van der Waals surface area contributed by atoms with E-state index >= 15 is 0 Å². The van der Waals surface area contributed by atoms with Crippen molar-refractivity contribution in [1.82, 2.24) is 0 Å². The maximum Gasteiger partial charge on any atom is 0.322 e. The van der Waals surface area contributed by atoms with Crippen molar-refractivity contribution in [1.29, 1.82) is 0 Å². The van der Waals surface area contributed by atoms with Crippen LogP contribution in [0.25, 0.3) is 0 Å². The zero-order valence-electron chi connectivity index (χ0n) is 12.1. The molecule has 0 saturated heterocycles. The molecule has 108 valence electrons. The Kier molecular flexibility index (Phi) is 10.5. The smallest absolute Gasteiger partial charge is 0.322 e. The van der Waals surface area contributed by atoms with Crippen LogP contribution in [0.15, 0.2) is 0 Å². The summed E-state index contributed by atoms with van der Waals surface area (Å²) in [5, 5.41) is 0. The highest BCUT2D eigenvalue weighted by atomic mass is 16.5. The molecule has 2 atom stereocenters. The Bertz CT molecular complexity index is 228. The van der Waals surface area contributed by atoms with E-state index in [1.165, 1.54) is 14.2 Å². The lowest BCUT2D eigenvalue weighted by atomic mass is 10.1. The van der Waals surface area contributed by atoms with E-state index in [1.54, 1.807) is 0 Å². The second-order valence-corrected chi connectivity index (χ2v) is 4.59. The number of rotatable bonds is 4.